The van der Waals surface area contributed by atoms with Gasteiger partial charge in [0.1, 0.15) is 0 Å². The fourth-order valence-electron chi connectivity index (χ4n) is 2.37. The Morgan fingerprint density at radius 2 is 2.33 bits per heavy atom. The van der Waals surface area contributed by atoms with Crippen molar-refractivity contribution in [2.24, 2.45) is 5.92 Å². The number of amides is 1. The minimum atomic E-state index is 0. The zero-order valence-corrected chi connectivity index (χ0v) is 14.5. The van der Waals surface area contributed by atoms with Crippen molar-refractivity contribution in [2.45, 2.75) is 25.1 Å². The SMILES string of the molecule is CC1CNCCC1NC(=O)CSCc1cccc(Cl)c1.Cl. The summed E-state index contributed by atoms with van der Waals surface area (Å²) in [6.45, 7) is 4.15. The number of rotatable bonds is 5. The summed E-state index contributed by atoms with van der Waals surface area (Å²) in [5, 5.41) is 7.23. The first-order chi connectivity index (χ1) is 9.65. The van der Waals surface area contributed by atoms with Crippen LogP contribution in [0.15, 0.2) is 24.3 Å². The summed E-state index contributed by atoms with van der Waals surface area (Å²) in [5.41, 5.74) is 1.16. The lowest BCUT2D eigenvalue weighted by Gasteiger charge is -2.30. The summed E-state index contributed by atoms with van der Waals surface area (Å²) in [7, 11) is 0. The van der Waals surface area contributed by atoms with Gasteiger partial charge in [0.2, 0.25) is 5.91 Å². The standard InChI is InChI=1S/C15H21ClN2OS.ClH/c1-11-8-17-6-5-14(11)18-15(19)10-20-9-12-3-2-4-13(16)7-12;/h2-4,7,11,14,17H,5-6,8-10H2,1H3,(H,18,19);1H. The maximum Gasteiger partial charge on any atom is 0.230 e. The number of benzene rings is 1. The molecule has 21 heavy (non-hydrogen) atoms. The smallest absolute Gasteiger partial charge is 0.230 e. The molecule has 2 atom stereocenters. The summed E-state index contributed by atoms with van der Waals surface area (Å²) < 4.78 is 0. The largest absolute Gasteiger partial charge is 0.352 e. The number of hydrogen-bond acceptors (Lipinski definition) is 3. The second-order valence-corrected chi connectivity index (χ2v) is 6.69. The van der Waals surface area contributed by atoms with Crippen LogP contribution in [-0.4, -0.2) is 30.8 Å². The van der Waals surface area contributed by atoms with Crippen molar-refractivity contribution in [1.29, 1.82) is 0 Å². The Morgan fingerprint density at radius 3 is 3.05 bits per heavy atom. The molecule has 2 unspecified atom stereocenters. The molecule has 118 valence electrons. The van der Waals surface area contributed by atoms with E-state index < -0.39 is 0 Å². The van der Waals surface area contributed by atoms with Crippen molar-refractivity contribution in [3.63, 3.8) is 0 Å². The van der Waals surface area contributed by atoms with Crippen LogP contribution >= 0.6 is 35.8 Å². The normalized spacial score (nSPS) is 21.4. The molecule has 0 radical (unpaired) electrons. The molecule has 2 rings (SSSR count). The van der Waals surface area contributed by atoms with Crippen molar-refractivity contribution in [3.8, 4) is 0 Å². The van der Waals surface area contributed by atoms with Crippen LogP contribution in [0.25, 0.3) is 0 Å². The lowest BCUT2D eigenvalue weighted by Crippen LogP contribution is -2.48. The lowest BCUT2D eigenvalue weighted by atomic mass is 9.95. The third-order valence-corrected chi connectivity index (χ3v) is 4.76. The van der Waals surface area contributed by atoms with E-state index in [0.717, 1.165) is 35.8 Å². The van der Waals surface area contributed by atoms with E-state index >= 15 is 0 Å². The number of carbonyl (C=O) groups excluding carboxylic acids is 1. The van der Waals surface area contributed by atoms with Gasteiger partial charge in [-0.15, -0.1) is 24.2 Å². The summed E-state index contributed by atoms with van der Waals surface area (Å²) >= 11 is 7.56. The molecule has 3 nitrogen and oxygen atoms in total. The average Bonchev–Trinajstić information content (AvgIpc) is 2.41. The molecule has 1 aromatic rings. The van der Waals surface area contributed by atoms with Gasteiger partial charge in [0.25, 0.3) is 0 Å². The molecule has 1 aliphatic heterocycles. The fourth-order valence-corrected chi connectivity index (χ4v) is 3.36. The van der Waals surface area contributed by atoms with Crippen LogP contribution in [0.3, 0.4) is 0 Å². The van der Waals surface area contributed by atoms with Crippen molar-refractivity contribution in [1.82, 2.24) is 10.6 Å². The van der Waals surface area contributed by atoms with Gasteiger partial charge >= 0.3 is 0 Å². The molecule has 1 amide bonds. The molecule has 1 heterocycles. The van der Waals surface area contributed by atoms with E-state index in [1.54, 1.807) is 11.8 Å². The van der Waals surface area contributed by atoms with Gasteiger partial charge in [-0.3, -0.25) is 4.79 Å². The summed E-state index contributed by atoms with van der Waals surface area (Å²) in [5.74, 6) is 1.96. The van der Waals surface area contributed by atoms with Crippen molar-refractivity contribution >= 4 is 41.7 Å². The zero-order valence-electron chi connectivity index (χ0n) is 12.1. The van der Waals surface area contributed by atoms with Crippen LogP contribution in [0, 0.1) is 5.92 Å². The molecule has 0 aromatic heterocycles. The molecule has 6 heteroatoms. The van der Waals surface area contributed by atoms with Gasteiger partial charge in [0.15, 0.2) is 0 Å². The van der Waals surface area contributed by atoms with E-state index in [4.69, 9.17) is 11.6 Å². The van der Waals surface area contributed by atoms with Crippen LogP contribution in [0.2, 0.25) is 5.02 Å². The predicted octanol–water partition coefficient (Wildman–Crippen LogP) is 3.11. The molecular formula is C15H22Cl2N2OS. The molecule has 1 aromatic carbocycles. The first kappa shape index (κ1) is 18.6. The predicted molar refractivity (Wildman–Crippen MR) is 93.4 cm³/mol. The van der Waals surface area contributed by atoms with Gasteiger partial charge in [-0.25, -0.2) is 0 Å². The van der Waals surface area contributed by atoms with Crippen LogP contribution < -0.4 is 10.6 Å². The number of thioether (sulfide) groups is 1. The summed E-state index contributed by atoms with van der Waals surface area (Å²) in [4.78, 5) is 11.9. The lowest BCUT2D eigenvalue weighted by molar-refractivity contribution is -0.119. The molecule has 1 fully saturated rings. The Kier molecular flexibility index (Phi) is 8.49. The number of hydrogen-bond donors (Lipinski definition) is 2. The highest BCUT2D eigenvalue weighted by atomic mass is 35.5. The quantitative estimate of drug-likeness (QED) is 0.858. The van der Waals surface area contributed by atoms with Gasteiger partial charge < -0.3 is 10.6 Å². The van der Waals surface area contributed by atoms with E-state index in [2.05, 4.69) is 17.6 Å². The molecule has 2 N–H and O–H groups in total. The van der Waals surface area contributed by atoms with Crippen LogP contribution in [-0.2, 0) is 10.5 Å². The molecule has 0 bridgehead atoms. The third-order valence-electron chi connectivity index (χ3n) is 3.52. The van der Waals surface area contributed by atoms with Gasteiger partial charge in [-0.2, -0.15) is 0 Å². The first-order valence-corrected chi connectivity index (χ1v) is 8.50. The highest BCUT2D eigenvalue weighted by molar-refractivity contribution is 7.99. The highest BCUT2D eigenvalue weighted by Gasteiger charge is 2.22. The Balaban J connectivity index is 0.00000220. The van der Waals surface area contributed by atoms with Crippen molar-refractivity contribution in [2.75, 3.05) is 18.8 Å². The van der Waals surface area contributed by atoms with E-state index in [1.807, 2.05) is 24.3 Å². The van der Waals surface area contributed by atoms with Crippen LogP contribution in [0.4, 0.5) is 0 Å². The Labute approximate surface area is 142 Å². The zero-order chi connectivity index (χ0) is 14.4. The number of nitrogens with one attached hydrogen (secondary N) is 2. The third kappa shape index (κ3) is 6.47. The molecule has 0 spiro atoms. The van der Waals surface area contributed by atoms with E-state index in [-0.39, 0.29) is 18.3 Å². The number of halogens is 2. The maximum atomic E-state index is 11.9. The van der Waals surface area contributed by atoms with E-state index in [9.17, 15) is 4.79 Å². The Hall–Kier alpha value is -0.420. The molecule has 0 saturated carbocycles. The molecule has 1 aliphatic rings. The van der Waals surface area contributed by atoms with Gasteiger partial charge in [-0.1, -0.05) is 30.7 Å². The maximum absolute atomic E-state index is 11.9. The van der Waals surface area contributed by atoms with E-state index in [1.165, 1.54) is 0 Å². The monoisotopic (exact) mass is 348 g/mol. The minimum Gasteiger partial charge on any atom is -0.352 e. The molecule has 0 aliphatic carbocycles. The summed E-state index contributed by atoms with van der Waals surface area (Å²) in [6.07, 6.45) is 1.02. The highest BCUT2D eigenvalue weighted by Crippen LogP contribution is 2.17. The van der Waals surface area contributed by atoms with Gasteiger partial charge in [0, 0.05) is 16.8 Å². The average molecular weight is 349 g/mol. The number of carbonyl (C=O) groups is 1. The van der Waals surface area contributed by atoms with Crippen LogP contribution in [0.1, 0.15) is 18.9 Å². The van der Waals surface area contributed by atoms with Crippen LogP contribution in [0.5, 0.6) is 0 Å². The van der Waals surface area contributed by atoms with Gasteiger partial charge in [-0.05, 0) is 43.1 Å². The Bertz CT molecular complexity index is 459. The second-order valence-electron chi connectivity index (χ2n) is 5.27. The first-order valence-electron chi connectivity index (χ1n) is 6.97. The van der Waals surface area contributed by atoms with E-state index in [0.29, 0.717) is 17.7 Å². The second kappa shape index (κ2) is 9.57. The van der Waals surface area contributed by atoms with Crippen molar-refractivity contribution in [3.05, 3.63) is 34.9 Å². The minimum absolute atomic E-state index is 0. The molecule has 1 saturated heterocycles. The summed E-state index contributed by atoms with van der Waals surface area (Å²) in [6, 6.07) is 8.10. The van der Waals surface area contributed by atoms with Crippen molar-refractivity contribution < 1.29 is 4.79 Å². The Morgan fingerprint density at radius 1 is 1.52 bits per heavy atom. The topological polar surface area (TPSA) is 41.1 Å². The van der Waals surface area contributed by atoms with Gasteiger partial charge in [0.05, 0.1) is 5.75 Å². The molecular weight excluding hydrogens is 327 g/mol. The fraction of sp³-hybridized carbons (Fsp3) is 0.533. The number of piperidine rings is 1.